The van der Waals surface area contributed by atoms with Crippen LogP contribution in [0.15, 0.2) is 96.6 Å². The van der Waals surface area contributed by atoms with E-state index >= 15 is 0 Å². The van der Waals surface area contributed by atoms with Gasteiger partial charge in [0.05, 0.1) is 0 Å². The Morgan fingerprint density at radius 1 is 0.774 bits per heavy atom. The Bertz CT molecular complexity index is 1280. The van der Waals surface area contributed by atoms with E-state index in [9.17, 15) is 0 Å². The summed E-state index contributed by atoms with van der Waals surface area (Å²) in [6.07, 6.45) is 8.58. The van der Waals surface area contributed by atoms with Gasteiger partial charge in [-0.25, -0.2) is 4.58 Å². The molecule has 0 fully saturated rings. The summed E-state index contributed by atoms with van der Waals surface area (Å²) in [4.78, 5) is 2.11. The van der Waals surface area contributed by atoms with Gasteiger partial charge in [-0.1, -0.05) is 54.3 Å². The Labute approximate surface area is 185 Å². The summed E-state index contributed by atoms with van der Waals surface area (Å²) in [5.74, 6) is 6.87. The number of anilines is 1. The van der Waals surface area contributed by atoms with Crippen molar-refractivity contribution >= 4 is 27.7 Å². The molecule has 0 amide bonds. The van der Waals surface area contributed by atoms with Gasteiger partial charge in [-0.15, -0.1) is 0 Å². The molecule has 0 aromatic heterocycles. The summed E-state index contributed by atoms with van der Waals surface area (Å²) in [7, 11) is 8.22. The second kappa shape index (κ2) is 8.90. The summed E-state index contributed by atoms with van der Waals surface area (Å²) in [5, 5.41) is 2.44. The first-order valence-corrected chi connectivity index (χ1v) is 10.4. The largest absolute Gasteiger partial charge is 0.378 e. The zero-order valence-corrected chi connectivity index (χ0v) is 18.6. The monoisotopic (exact) mass is 403 g/mol. The fourth-order valence-corrected chi connectivity index (χ4v) is 3.57. The zero-order valence-electron chi connectivity index (χ0n) is 18.6. The number of benzene rings is 3. The van der Waals surface area contributed by atoms with E-state index in [0.29, 0.717) is 0 Å². The highest BCUT2D eigenvalue weighted by Crippen LogP contribution is 2.25. The average molecular weight is 404 g/mol. The van der Waals surface area contributed by atoms with E-state index in [1.54, 1.807) is 0 Å². The second-order valence-electron chi connectivity index (χ2n) is 8.07. The lowest BCUT2D eigenvalue weighted by Crippen LogP contribution is -2.10. The van der Waals surface area contributed by atoms with Crippen LogP contribution in [0, 0.1) is 11.8 Å². The molecule has 0 atom stereocenters. The third kappa shape index (κ3) is 4.68. The van der Waals surface area contributed by atoms with E-state index in [1.807, 2.05) is 0 Å². The molecule has 0 N–H and O–H groups in total. The molecule has 2 nitrogen and oxygen atoms in total. The lowest BCUT2D eigenvalue weighted by atomic mass is 9.96. The fraction of sp³-hybridized carbons (Fsp3) is 0.138. The lowest BCUT2D eigenvalue weighted by Gasteiger charge is -2.13. The number of allylic oxidation sites excluding steroid dienone is 6. The molecule has 4 rings (SSSR count). The minimum absolute atomic E-state index is 1.02. The highest BCUT2D eigenvalue weighted by Gasteiger charge is 2.10. The molecule has 0 aliphatic heterocycles. The lowest BCUT2D eigenvalue weighted by molar-refractivity contribution is -0.462. The van der Waals surface area contributed by atoms with Gasteiger partial charge in [-0.2, -0.15) is 0 Å². The standard InChI is InChI=1S/C29H27N2/c1-30(2)27-16-12-24(13-17-27)29(25-14-18-28(19-15-25)31(3)4)20-10-22-9-11-23-7-5-6-8-26(23)21-22/h5-9,11-19,21H,1-4H3/q+1. The third-order valence-corrected chi connectivity index (χ3v) is 5.43. The van der Waals surface area contributed by atoms with Crippen molar-refractivity contribution < 1.29 is 4.58 Å². The van der Waals surface area contributed by atoms with E-state index < -0.39 is 0 Å². The first kappa shape index (κ1) is 20.4. The van der Waals surface area contributed by atoms with Crippen molar-refractivity contribution in [2.24, 2.45) is 0 Å². The topological polar surface area (TPSA) is 6.25 Å². The van der Waals surface area contributed by atoms with Crippen LogP contribution >= 0.6 is 0 Å². The number of hydrogen-bond donors (Lipinski definition) is 0. The van der Waals surface area contributed by atoms with Gasteiger partial charge in [-0.3, -0.25) is 0 Å². The third-order valence-electron chi connectivity index (χ3n) is 5.43. The number of hydrogen-bond acceptors (Lipinski definition) is 1. The molecule has 152 valence electrons. The maximum Gasteiger partial charge on any atom is 0.199 e. The van der Waals surface area contributed by atoms with Crippen LogP contribution in [0.25, 0.3) is 16.3 Å². The van der Waals surface area contributed by atoms with Crippen molar-refractivity contribution in [3.63, 3.8) is 0 Å². The van der Waals surface area contributed by atoms with Crippen molar-refractivity contribution in [2.45, 2.75) is 0 Å². The molecule has 0 saturated carbocycles. The Morgan fingerprint density at radius 2 is 1.45 bits per heavy atom. The van der Waals surface area contributed by atoms with E-state index in [2.05, 4.69) is 141 Å². The second-order valence-corrected chi connectivity index (χ2v) is 8.07. The molecule has 0 bridgehead atoms. The number of rotatable bonds is 2. The van der Waals surface area contributed by atoms with Crippen LogP contribution in [-0.4, -0.2) is 38.5 Å². The predicted molar refractivity (Wildman–Crippen MR) is 134 cm³/mol. The Kier molecular flexibility index (Phi) is 5.87. The quantitative estimate of drug-likeness (QED) is 0.402. The predicted octanol–water partition coefficient (Wildman–Crippen LogP) is 5.55. The molecule has 3 aromatic carbocycles. The van der Waals surface area contributed by atoms with Gasteiger partial charge in [0.25, 0.3) is 0 Å². The highest BCUT2D eigenvalue weighted by molar-refractivity contribution is 6.04. The van der Waals surface area contributed by atoms with Crippen molar-refractivity contribution in [2.75, 3.05) is 33.1 Å². The van der Waals surface area contributed by atoms with Crippen molar-refractivity contribution in [1.29, 1.82) is 0 Å². The zero-order chi connectivity index (χ0) is 21.8. The molecule has 0 unspecified atom stereocenters. The van der Waals surface area contributed by atoms with Gasteiger partial charge < -0.3 is 4.90 Å². The Morgan fingerprint density at radius 3 is 2.10 bits per heavy atom. The molecule has 0 spiro atoms. The first-order valence-electron chi connectivity index (χ1n) is 10.4. The van der Waals surface area contributed by atoms with Crippen molar-refractivity contribution in [3.05, 3.63) is 108 Å². The van der Waals surface area contributed by atoms with Gasteiger partial charge in [-0.05, 0) is 58.3 Å². The molecule has 0 heterocycles. The number of nitrogens with zero attached hydrogens (tertiary/aromatic N) is 2. The normalized spacial score (nSPS) is 12.5. The summed E-state index contributed by atoms with van der Waals surface area (Å²) in [6, 6.07) is 23.4. The van der Waals surface area contributed by atoms with E-state index in [1.165, 1.54) is 22.2 Å². The summed E-state index contributed by atoms with van der Waals surface area (Å²) in [6.45, 7) is 0. The van der Waals surface area contributed by atoms with E-state index in [0.717, 1.165) is 22.3 Å². The van der Waals surface area contributed by atoms with Crippen molar-refractivity contribution in [3.8, 4) is 11.8 Å². The molecular weight excluding hydrogens is 376 g/mol. The van der Waals surface area contributed by atoms with Crippen LogP contribution in [0.1, 0.15) is 11.1 Å². The van der Waals surface area contributed by atoms with Crippen LogP contribution in [0.3, 0.4) is 0 Å². The summed E-state index contributed by atoms with van der Waals surface area (Å²) >= 11 is 0. The van der Waals surface area contributed by atoms with E-state index in [-0.39, 0.29) is 0 Å². The minimum atomic E-state index is 1.02. The summed E-state index contributed by atoms with van der Waals surface area (Å²) < 4.78 is 2.11. The molecule has 1 aliphatic carbocycles. The molecule has 0 saturated heterocycles. The fourth-order valence-electron chi connectivity index (χ4n) is 3.57. The molecule has 0 radical (unpaired) electrons. The van der Waals surface area contributed by atoms with E-state index in [4.69, 9.17) is 0 Å². The Hall–Kier alpha value is -3.83. The van der Waals surface area contributed by atoms with Crippen LogP contribution in [0.4, 0.5) is 5.69 Å². The molecule has 1 aliphatic rings. The molecular formula is C29H27N2+. The van der Waals surface area contributed by atoms with Crippen LogP contribution in [0.5, 0.6) is 0 Å². The highest BCUT2D eigenvalue weighted by atomic mass is 15.1. The molecule has 3 aromatic rings. The van der Waals surface area contributed by atoms with Crippen molar-refractivity contribution in [1.82, 2.24) is 0 Å². The van der Waals surface area contributed by atoms with Gasteiger partial charge in [0.1, 0.15) is 14.1 Å². The Balaban J connectivity index is 1.79. The van der Waals surface area contributed by atoms with Crippen LogP contribution in [0.2, 0.25) is 0 Å². The van der Waals surface area contributed by atoms with Gasteiger partial charge in [0, 0.05) is 43.1 Å². The van der Waals surface area contributed by atoms with Crippen LogP contribution in [-0.2, 0) is 0 Å². The molecule has 2 heteroatoms. The molecule has 31 heavy (non-hydrogen) atoms. The van der Waals surface area contributed by atoms with Crippen LogP contribution < -0.4 is 4.90 Å². The first-order chi connectivity index (χ1) is 15.0. The summed E-state index contributed by atoms with van der Waals surface area (Å²) in [5.41, 5.74) is 6.64. The van der Waals surface area contributed by atoms with Gasteiger partial charge in [0.2, 0.25) is 0 Å². The van der Waals surface area contributed by atoms with Gasteiger partial charge >= 0.3 is 0 Å². The van der Waals surface area contributed by atoms with Gasteiger partial charge in [0.15, 0.2) is 5.71 Å². The smallest absolute Gasteiger partial charge is 0.199 e. The maximum absolute atomic E-state index is 3.47. The number of fused-ring (bicyclic) bond motifs is 1. The average Bonchev–Trinajstić information content (AvgIpc) is 2.79. The SMILES string of the molecule is CN(C)c1ccc(C(C#Cc2ccc3ccccc3c2)=C2C=CC(=[N+](C)C)C=C2)cc1. The minimum Gasteiger partial charge on any atom is -0.378 e. The maximum atomic E-state index is 3.47.